The molecule has 3 heterocycles. The van der Waals surface area contributed by atoms with Gasteiger partial charge in [-0.1, -0.05) is 0 Å². The van der Waals surface area contributed by atoms with Crippen LogP contribution in [-0.4, -0.2) is 56.0 Å². The van der Waals surface area contributed by atoms with Gasteiger partial charge in [0.25, 0.3) is 5.91 Å². The summed E-state index contributed by atoms with van der Waals surface area (Å²) >= 11 is 0. The topological polar surface area (TPSA) is 110 Å². The summed E-state index contributed by atoms with van der Waals surface area (Å²) in [5, 5.41) is 5.87. The maximum Gasteiger partial charge on any atom is 0.265 e. The molecular formula is C18H20N4O5S. The Morgan fingerprint density at radius 3 is 2.71 bits per heavy atom. The van der Waals surface area contributed by atoms with Crippen LogP contribution in [0.5, 0.6) is 5.75 Å². The molecule has 10 heteroatoms. The molecule has 1 fully saturated rings. The molecule has 28 heavy (non-hydrogen) atoms. The van der Waals surface area contributed by atoms with Crippen molar-refractivity contribution in [3.8, 4) is 5.75 Å². The third kappa shape index (κ3) is 3.66. The number of ether oxygens (including phenoxy) is 2. The Morgan fingerprint density at radius 1 is 1.21 bits per heavy atom. The van der Waals surface area contributed by atoms with Gasteiger partial charge in [0, 0.05) is 25.0 Å². The van der Waals surface area contributed by atoms with E-state index in [1.165, 1.54) is 16.6 Å². The monoisotopic (exact) mass is 404 g/mol. The Bertz CT molecular complexity index is 988. The van der Waals surface area contributed by atoms with Gasteiger partial charge in [0.05, 0.1) is 18.9 Å². The van der Waals surface area contributed by atoms with E-state index in [4.69, 9.17) is 9.47 Å². The standard InChI is InChI=1S/C18H20N4O5S/c1-12-18(23)21-15-10-13(2-4-16(15)27-12)20-17-5-3-14(11-19-17)28(24,25)22-6-8-26-9-7-22/h2-5,10-12H,6-9H2,1H3,(H,19,20)(H,21,23). The molecule has 148 valence electrons. The van der Waals surface area contributed by atoms with Gasteiger partial charge in [-0.05, 0) is 37.3 Å². The number of sulfonamides is 1. The number of carbonyl (C=O) groups is 1. The lowest BCUT2D eigenvalue weighted by atomic mass is 10.2. The maximum absolute atomic E-state index is 12.6. The van der Waals surface area contributed by atoms with Crippen LogP contribution in [0.1, 0.15) is 6.92 Å². The Balaban J connectivity index is 1.49. The molecule has 2 aromatic rings. The summed E-state index contributed by atoms with van der Waals surface area (Å²) in [5.74, 6) is 0.871. The molecule has 9 nitrogen and oxygen atoms in total. The fraction of sp³-hybridized carbons (Fsp3) is 0.333. The number of aromatic nitrogens is 1. The van der Waals surface area contributed by atoms with E-state index in [9.17, 15) is 13.2 Å². The number of hydrogen-bond donors (Lipinski definition) is 2. The third-order valence-electron chi connectivity index (χ3n) is 4.53. The first-order valence-electron chi connectivity index (χ1n) is 8.86. The summed E-state index contributed by atoms with van der Waals surface area (Å²) in [6.07, 6.45) is 0.798. The summed E-state index contributed by atoms with van der Waals surface area (Å²) in [6, 6.07) is 8.40. The molecule has 0 radical (unpaired) electrons. The number of rotatable bonds is 4. The molecular weight excluding hydrogens is 384 g/mol. The highest BCUT2D eigenvalue weighted by molar-refractivity contribution is 7.89. The van der Waals surface area contributed by atoms with E-state index in [0.29, 0.717) is 49.2 Å². The minimum absolute atomic E-state index is 0.139. The van der Waals surface area contributed by atoms with Crippen molar-refractivity contribution >= 4 is 33.1 Å². The smallest absolute Gasteiger partial charge is 0.265 e. The van der Waals surface area contributed by atoms with Gasteiger partial charge in [-0.15, -0.1) is 0 Å². The summed E-state index contributed by atoms with van der Waals surface area (Å²) in [4.78, 5) is 16.1. The number of pyridine rings is 1. The molecule has 1 saturated heterocycles. The van der Waals surface area contributed by atoms with Crippen LogP contribution in [0.25, 0.3) is 0 Å². The highest BCUT2D eigenvalue weighted by Crippen LogP contribution is 2.33. The number of carbonyl (C=O) groups excluding carboxylic acids is 1. The molecule has 4 rings (SSSR count). The van der Waals surface area contributed by atoms with E-state index in [1.807, 2.05) is 0 Å². The maximum atomic E-state index is 12.6. The fourth-order valence-corrected chi connectivity index (χ4v) is 4.33. The van der Waals surface area contributed by atoms with E-state index >= 15 is 0 Å². The number of fused-ring (bicyclic) bond motifs is 1. The zero-order chi connectivity index (χ0) is 19.7. The van der Waals surface area contributed by atoms with Crippen molar-refractivity contribution in [1.29, 1.82) is 0 Å². The van der Waals surface area contributed by atoms with Gasteiger partial charge in [-0.3, -0.25) is 4.79 Å². The van der Waals surface area contributed by atoms with Crippen molar-refractivity contribution in [3.63, 3.8) is 0 Å². The van der Waals surface area contributed by atoms with E-state index in [-0.39, 0.29) is 10.8 Å². The predicted molar refractivity (Wildman–Crippen MR) is 102 cm³/mol. The third-order valence-corrected chi connectivity index (χ3v) is 6.41. The molecule has 1 unspecified atom stereocenters. The highest BCUT2D eigenvalue weighted by Gasteiger charge is 2.27. The lowest BCUT2D eigenvalue weighted by molar-refractivity contribution is -0.122. The largest absolute Gasteiger partial charge is 0.479 e. The molecule has 2 aliphatic heterocycles. The highest BCUT2D eigenvalue weighted by atomic mass is 32.2. The average Bonchev–Trinajstić information content (AvgIpc) is 2.70. The zero-order valence-corrected chi connectivity index (χ0v) is 16.0. The van der Waals surface area contributed by atoms with Gasteiger partial charge in [0.1, 0.15) is 16.5 Å². The Labute approximate surface area is 162 Å². The number of anilines is 3. The summed E-state index contributed by atoms with van der Waals surface area (Å²) in [6.45, 7) is 3.14. The van der Waals surface area contributed by atoms with Gasteiger partial charge in [0.15, 0.2) is 6.10 Å². The molecule has 0 saturated carbocycles. The van der Waals surface area contributed by atoms with Gasteiger partial charge in [-0.25, -0.2) is 13.4 Å². The number of nitrogens with one attached hydrogen (secondary N) is 2. The van der Waals surface area contributed by atoms with Crippen molar-refractivity contribution in [2.45, 2.75) is 17.9 Å². The molecule has 0 spiro atoms. The van der Waals surface area contributed by atoms with Gasteiger partial charge in [-0.2, -0.15) is 4.31 Å². The van der Waals surface area contributed by atoms with Crippen LogP contribution in [0, 0.1) is 0 Å². The van der Waals surface area contributed by atoms with Gasteiger partial charge in [0.2, 0.25) is 10.0 Å². The second kappa shape index (κ2) is 7.38. The first-order valence-corrected chi connectivity index (χ1v) is 10.3. The molecule has 2 aliphatic rings. The predicted octanol–water partition coefficient (Wildman–Crippen LogP) is 1.57. The minimum Gasteiger partial charge on any atom is -0.479 e. The molecule has 0 aliphatic carbocycles. The van der Waals surface area contributed by atoms with Gasteiger partial charge >= 0.3 is 0 Å². The van der Waals surface area contributed by atoms with Crippen molar-refractivity contribution in [1.82, 2.24) is 9.29 Å². The number of benzene rings is 1. The van der Waals surface area contributed by atoms with Crippen molar-refractivity contribution in [3.05, 3.63) is 36.5 Å². The lowest BCUT2D eigenvalue weighted by Gasteiger charge is -2.26. The van der Waals surface area contributed by atoms with Crippen LogP contribution >= 0.6 is 0 Å². The minimum atomic E-state index is -3.58. The van der Waals surface area contributed by atoms with Crippen LogP contribution in [0.4, 0.5) is 17.2 Å². The van der Waals surface area contributed by atoms with E-state index in [1.54, 1.807) is 31.2 Å². The van der Waals surface area contributed by atoms with E-state index in [0.717, 1.165) is 0 Å². The van der Waals surface area contributed by atoms with Crippen LogP contribution < -0.4 is 15.4 Å². The number of hydrogen-bond acceptors (Lipinski definition) is 7. The molecule has 0 bridgehead atoms. The summed E-state index contributed by atoms with van der Waals surface area (Å²) in [5.41, 5.74) is 1.26. The number of morpholine rings is 1. The first kappa shape index (κ1) is 18.7. The van der Waals surface area contributed by atoms with Crippen LogP contribution in [0.3, 0.4) is 0 Å². The fourth-order valence-electron chi connectivity index (χ4n) is 2.98. The van der Waals surface area contributed by atoms with Crippen molar-refractivity contribution in [2.24, 2.45) is 0 Å². The molecule has 1 amide bonds. The molecule has 1 aromatic heterocycles. The Kier molecular flexibility index (Phi) is 4.92. The SMILES string of the molecule is CC1Oc2ccc(Nc3ccc(S(=O)(=O)N4CCOCC4)cn3)cc2NC1=O. The zero-order valence-electron chi connectivity index (χ0n) is 15.2. The van der Waals surface area contributed by atoms with Crippen LogP contribution in [-0.2, 0) is 19.6 Å². The molecule has 1 atom stereocenters. The lowest BCUT2D eigenvalue weighted by Crippen LogP contribution is -2.40. The van der Waals surface area contributed by atoms with Crippen LogP contribution in [0.2, 0.25) is 0 Å². The van der Waals surface area contributed by atoms with E-state index < -0.39 is 16.1 Å². The summed E-state index contributed by atoms with van der Waals surface area (Å²) < 4.78 is 37.4. The first-order chi connectivity index (χ1) is 13.4. The molecule has 1 aromatic carbocycles. The van der Waals surface area contributed by atoms with Gasteiger partial charge < -0.3 is 20.1 Å². The summed E-state index contributed by atoms with van der Waals surface area (Å²) in [7, 11) is -3.58. The normalized spacial score (nSPS) is 20.0. The average molecular weight is 404 g/mol. The molecule has 2 N–H and O–H groups in total. The van der Waals surface area contributed by atoms with E-state index in [2.05, 4.69) is 15.6 Å². The van der Waals surface area contributed by atoms with Crippen molar-refractivity contribution < 1.29 is 22.7 Å². The second-order valence-corrected chi connectivity index (χ2v) is 8.42. The second-order valence-electron chi connectivity index (χ2n) is 6.48. The Hall–Kier alpha value is -2.69. The van der Waals surface area contributed by atoms with Crippen molar-refractivity contribution in [2.75, 3.05) is 36.9 Å². The number of nitrogens with zero attached hydrogens (tertiary/aromatic N) is 2. The quantitative estimate of drug-likeness (QED) is 0.796. The number of amides is 1. The Morgan fingerprint density at radius 2 is 2.00 bits per heavy atom. The van der Waals surface area contributed by atoms with Crippen LogP contribution in [0.15, 0.2) is 41.4 Å².